The minimum atomic E-state index is -5.08. The summed E-state index contributed by atoms with van der Waals surface area (Å²) in [6.45, 7) is 5.03. The largest absolute Gasteiger partial charge is 0.507 e. The zero-order valence-corrected chi connectivity index (χ0v) is 28.6. The number of rotatable bonds is 14. The van der Waals surface area contributed by atoms with Gasteiger partial charge >= 0.3 is 36.4 Å². The van der Waals surface area contributed by atoms with Crippen molar-refractivity contribution in [3.05, 3.63) is 58.7 Å². The Bertz CT molecular complexity index is 1460. The number of halogens is 9. The summed E-state index contributed by atoms with van der Waals surface area (Å²) in [6, 6.07) is 9.75. The number of alkyl halides is 9. The number of phenolic OH excluding ortho intramolecular Hbond substituents is 2. The lowest BCUT2D eigenvalue weighted by molar-refractivity contribution is -0.193. The van der Waals surface area contributed by atoms with Crippen LogP contribution >= 0.6 is 0 Å². The van der Waals surface area contributed by atoms with Crippen LogP contribution in [0.4, 0.5) is 39.5 Å². The van der Waals surface area contributed by atoms with Crippen LogP contribution in [0.1, 0.15) is 65.1 Å². The fourth-order valence-electron chi connectivity index (χ4n) is 4.38. The van der Waals surface area contributed by atoms with E-state index in [9.17, 15) is 59.3 Å². The van der Waals surface area contributed by atoms with Crippen molar-refractivity contribution in [1.29, 1.82) is 0 Å². The molecule has 310 valence electrons. The molecule has 3 rings (SSSR count). The molecule has 0 aromatic heterocycles. The average Bonchev–Trinajstić information content (AvgIpc) is 3.06. The van der Waals surface area contributed by atoms with E-state index in [4.69, 9.17) is 35.4 Å². The normalized spacial score (nSPS) is 12.3. The molecular formula is C32H39F9N4O10. The van der Waals surface area contributed by atoms with Crippen molar-refractivity contribution in [2.45, 2.75) is 56.6 Å². The van der Waals surface area contributed by atoms with Gasteiger partial charge in [0.2, 0.25) is 11.7 Å². The van der Waals surface area contributed by atoms with Crippen LogP contribution in [0.25, 0.3) is 0 Å². The first-order chi connectivity index (χ1) is 25.4. The van der Waals surface area contributed by atoms with Gasteiger partial charge in [0.05, 0.1) is 11.1 Å². The molecule has 0 bridgehead atoms. The monoisotopic (exact) mass is 810 g/mol. The third-order valence-electron chi connectivity index (χ3n) is 6.84. The van der Waals surface area contributed by atoms with E-state index in [1.807, 2.05) is 0 Å². The number of fused-ring (bicyclic) bond motifs is 2. The van der Waals surface area contributed by atoms with Crippen LogP contribution in [0.5, 0.6) is 11.5 Å². The van der Waals surface area contributed by atoms with Gasteiger partial charge in [-0.2, -0.15) is 39.5 Å². The van der Waals surface area contributed by atoms with Gasteiger partial charge in [0, 0.05) is 18.9 Å². The topological polar surface area (TPSA) is 249 Å². The fraction of sp³-hybridized carbons (Fsp3) is 0.469. The lowest BCUT2D eigenvalue weighted by Crippen LogP contribution is -2.30. The first-order valence-electron chi connectivity index (χ1n) is 15.8. The average molecular weight is 811 g/mol. The number of ketones is 1. The number of carbonyl (C=O) groups is 5. The van der Waals surface area contributed by atoms with Crippen molar-refractivity contribution in [3.8, 4) is 11.5 Å². The van der Waals surface area contributed by atoms with Crippen LogP contribution in [0.2, 0.25) is 0 Å². The highest BCUT2D eigenvalue weighted by molar-refractivity contribution is 6.16. The van der Waals surface area contributed by atoms with Crippen LogP contribution < -0.4 is 21.7 Å². The minimum Gasteiger partial charge on any atom is -0.507 e. The fourth-order valence-corrected chi connectivity index (χ4v) is 4.38. The predicted molar refractivity (Wildman–Crippen MR) is 173 cm³/mol. The summed E-state index contributed by atoms with van der Waals surface area (Å²) in [5, 5.41) is 51.7. The summed E-state index contributed by atoms with van der Waals surface area (Å²) in [5.41, 5.74) is 7.00. The molecule has 10 N–H and O–H groups in total. The molecule has 0 saturated heterocycles. The Morgan fingerprint density at radius 1 is 0.600 bits per heavy atom. The van der Waals surface area contributed by atoms with Crippen molar-refractivity contribution >= 4 is 29.6 Å². The lowest BCUT2D eigenvalue weighted by atomic mass is 9.75. The number of benzene rings is 2. The molecule has 2 aromatic rings. The molecule has 1 amide bonds. The number of phenols is 2. The van der Waals surface area contributed by atoms with E-state index in [0.29, 0.717) is 17.7 Å². The van der Waals surface area contributed by atoms with Gasteiger partial charge in [-0.25, -0.2) is 14.4 Å². The zero-order valence-electron chi connectivity index (χ0n) is 28.6. The summed E-state index contributed by atoms with van der Waals surface area (Å²) in [5.74, 6) is -9.52. The van der Waals surface area contributed by atoms with Gasteiger partial charge in [0.15, 0.2) is 0 Å². The Morgan fingerprint density at radius 3 is 1.29 bits per heavy atom. The molecule has 1 aliphatic carbocycles. The maximum atomic E-state index is 12.9. The Labute approximate surface area is 306 Å². The van der Waals surface area contributed by atoms with Crippen molar-refractivity contribution in [3.63, 3.8) is 0 Å². The molecule has 0 atom stereocenters. The summed E-state index contributed by atoms with van der Waals surface area (Å²) in [4.78, 5) is 52.3. The molecule has 55 heavy (non-hydrogen) atoms. The second kappa shape index (κ2) is 23.6. The van der Waals surface area contributed by atoms with Gasteiger partial charge in [-0.1, -0.05) is 24.3 Å². The molecule has 0 radical (unpaired) electrons. The molecule has 0 unspecified atom stereocenters. The van der Waals surface area contributed by atoms with Crippen LogP contribution in [0.15, 0.2) is 36.4 Å². The van der Waals surface area contributed by atoms with E-state index in [0.717, 1.165) is 58.4 Å². The molecule has 0 fully saturated rings. The highest BCUT2D eigenvalue weighted by atomic mass is 19.4. The maximum Gasteiger partial charge on any atom is 0.490 e. The first-order valence-corrected chi connectivity index (χ1v) is 15.8. The molecular weight excluding hydrogens is 771 g/mol. The Kier molecular flexibility index (Phi) is 21.4. The van der Waals surface area contributed by atoms with Crippen LogP contribution in [-0.2, 0) is 19.2 Å². The molecule has 1 aliphatic rings. The van der Waals surface area contributed by atoms with Crippen molar-refractivity contribution in [1.82, 2.24) is 16.0 Å². The van der Waals surface area contributed by atoms with Gasteiger partial charge in [-0.05, 0) is 81.7 Å². The predicted octanol–water partition coefficient (Wildman–Crippen LogP) is 3.88. The van der Waals surface area contributed by atoms with Gasteiger partial charge < -0.3 is 47.2 Å². The van der Waals surface area contributed by atoms with Crippen molar-refractivity contribution < 1.29 is 89.0 Å². The Hall–Kier alpha value is -5.16. The van der Waals surface area contributed by atoms with E-state index in [1.165, 1.54) is 12.1 Å². The first kappa shape index (κ1) is 49.8. The van der Waals surface area contributed by atoms with Gasteiger partial charge in [0.1, 0.15) is 11.5 Å². The number of aromatic hydroxyl groups is 2. The molecule has 0 saturated carbocycles. The smallest absolute Gasteiger partial charge is 0.490 e. The number of aliphatic carboxylic acids is 3. The maximum absolute atomic E-state index is 12.9. The number of hydrogen-bond donors (Lipinski definition) is 9. The highest BCUT2D eigenvalue weighted by Crippen LogP contribution is 2.44. The van der Waals surface area contributed by atoms with Crippen LogP contribution in [0, 0.1) is 0 Å². The quantitative estimate of drug-likeness (QED) is 0.0973. The summed E-state index contributed by atoms with van der Waals surface area (Å²) in [6.07, 6.45) is -11.1. The molecule has 0 spiro atoms. The number of nitrogens with one attached hydrogen (secondary N) is 3. The number of unbranched alkanes of at least 4 members (excludes halogenated alkanes) is 1. The zero-order chi connectivity index (χ0) is 42.6. The standard InChI is InChI=1S/C26H36N4O4.3C2HF3O2/c27-11-5-14-28-12-1-2-13-29-15-6-16-30-23(33)17-20-18-7-3-9-21(31)24(18)26(34)25-19(20)8-4-10-22(25)32;3*3-2(4,5)1(6)7/h3-4,7-10,20,28-29,31-32H,1-2,5-6,11-17,27H2,(H,30,33);3*(H,6,7). The van der Waals surface area contributed by atoms with Gasteiger partial charge in [0.25, 0.3) is 0 Å². The van der Waals surface area contributed by atoms with E-state index in [-0.39, 0.29) is 35.0 Å². The number of carbonyl (C=O) groups excluding carboxylic acids is 2. The lowest BCUT2D eigenvalue weighted by Gasteiger charge is -2.28. The van der Waals surface area contributed by atoms with E-state index in [2.05, 4.69) is 16.0 Å². The molecule has 14 nitrogen and oxygen atoms in total. The van der Waals surface area contributed by atoms with E-state index in [1.54, 1.807) is 24.3 Å². The second-order valence-corrected chi connectivity index (χ2v) is 11.0. The summed E-state index contributed by atoms with van der Waals surface area (Å²) >= 11 is 0. The number of amides is 1. The van der Waals surface area contributed by atoms with Crippen molar-refractivity contribution in [2.24, 2.45) is 5.73 Å². The summed E-state index contributed by atoms with van der Waals surface area (Å²) in [7, 11) is 0. The number of nitrogens with two attached hydrogens (primary N) is 1. The van der Waals surface area contributed by atoms with Crippen LogP contribution in [-0.4, -0.2) is 113 Å². The van der Waals surface area contributed by atoms with E-state index < -0.39 is 48.1 Å². The Balaban J connectivity index is 0.00000113. The Morgan fingerprint density at radius 2 is 0.945 bits per heavy atom. The third-order valence-corrected chi connectivity index (χ3v) is 6.84. The second-order valence-electron chi connectivity index (χ2n) is 11.0. The van der Waals surface area contributed by atoms with Gasteiger partial charge in [-0.15, -0.1) is 0 Å². The van der Waals surface area contributed by atoms with Gasteiger partial charge in [-0.3, -0.25) is 9.59 Å². The summed E-state index contributed by atoms with van der Waals surface area (Å²) < 4.78 is 95.2. The molecule has 0 aliphatic heterocycles. The van der Waals surface area contributed by atoms with Crippen molar-refractivity contribution in [2.75, 3.05) is 39.3 Å². The van der Waals surface area contributed by atoms with Crippen LogP contribution in [0.3, 0.4) is 0 Å². The number of carboxylic acid groups (broad SMARTS) is 3. The minimum absolute atomic E-state index is 0.130. The molecule has 2 aromatic carbocycles. The molecule has 0 heterocycles. The van der Waals surface area contributed by atoms with E-state index >= 15 is 0 Å². The number of hydrogen-bond acceptors (Lipinski definition) is 10. The SMILES string of the molecule is NCCCNCCCCNCCCNC(=O)CC1c2cccc(O)c2C(=O)c2c(O)cccc21.O=C(O)C(F)(F)F.O=C(O)C(F)(F)F.O=C(O)C(F)(F)F. The number of carboxylic acids is 3. The highest BCUT2D eigenvalue weighted by Gasteiger charge is 2.40. The third kappa shape index (κ3) is 19.1. The molecule has 23 heteroatoms.